The van der Waals surface area contributed by atoms with E-state index in [4.69, 9.17) is 10.00 Å². The second-order valence-corrected chi connectivity index (χ2v) is 10.9. The first-order valence-electron chi connectivity index (χ1n) is 11.5. The fourth-order valence-electron chi connectivity index (χ4n) is 4.22. The van der Waals surface area contributed by atoms with Gasteiger partial charge in [0.1, 0.15) is 0 Å². The third-order valence-electron chi connectivity index (χ3n) is 6.63. The summed E-state index contributed by atoms with van der Waals surface area (Å²) in [6.07, 6.45) is -0.365. The maximum absolute atomic E-state index is 13.4. The summed E-state index contributed by atoms with van der Waals surface area (Å²) in [6.45, 7) is 9.36. The van der Waals surface area contributed by atoms with Crippen molar-refractivity contribution < 1.29 is 22.7 Å². The molecule has 1 N–H and O–H groups in total. The summed E-state index contributed by atoms with van der Waals surface area (Å²) in [5.74, 6) is -1.47. The van der Waals surface area contributed by atoms with Crippen LogP contribution in [0.2, 0.25) is 0 Å². The molecular weight excluding hydrogens is 466 g/mol. The molecule has 2 aromatic rings. The third-order valence-corrected chi connectivity index (χ3v) is 8.80. The molecule has 1 aliphatic rings. The number of nitrogens with zero attached hydrogens (tertiary/aromatic N) is 2. The van der Waals surface area contributed by atoms with E-state index < -0.39 is 33.9 Å². The van der Waals surface area contributed by atoms with Gasteiger partial charge in [0.05, 0.1) is 22.4 Å². The smallest absolute Gasteiger partial charge is 0.309 e. The van der Waals surface area contributed by atoms with Gasteiger partial charge >= 0.3 is 5.97 Å². The molecule has 186 valence electrons. The molecule has 1 aliphatic heterocycles. The monoisotopic (exact) mass is 497 g/mol. The number of carbonyl (C=O) groups is 2. The summed E-state index contributed by atoms with van der Waals surface area (Å²) >= 11 is 0. The van der Waals surface area contributed by atoms with Crippen molar-refractivity contribution in [1.82, 2.24) is 4.31 Å². The van der Waals surface area contributed by atoms with Crippen LogP contribution in [0.15, 0.2) is 35.2 Å². The lowest BCUT2D eigenvalue weighted by Crippen LogP contribution is -2.42. The first kappa shape index (κ1) is 26.4. The minimum Gasteiger partial charge on any atom is -0.452 e. The van der Waals surface area contributed by atoms with Crippen LogP contribution in [0.3, 0.4) is 0 Å². The van der Waals surface area contributed by atoms with Crippen LogP contribution in [0, 0.1) is 44.9 Å². The van der Waals surface area contributed by atoms with Crippen LogP contribution in [0.4, 0.5) is 5.69 Å². The van der Waals surface area contributed by atoms with Crippen LogP contribution in [0.25, 0.3) is 0 Å². The van der Waals surface area contributed by atoms with Gasteiger partial charge in [0.25, 0.3) is 5.91 Å². The summed E-state index contributed by atoms with van der Waals surface area (Å²) in [5.41, 5.74) is 4.32. The summed E-state index contributed by atoms with van der Waals surface area (Å²) < 4.78 is 33.7. The number of hydrogen-bond donors (Lipinski definition) is 1. The Morgan fingerprint density at radius 2 is 1.60 bits per heavy atom. The summed E-state index contributed by atoms with van der Waals surface area (Å²) in [5, 5.41) is 11.5. The van der Waals surface area contributed by atoms with Gasteiger partial charge in [0.2, 0.25) is 10.0 Å². The molecule has 2 aromatic carbocycles. The second kappa shape index (κ2) is 10.6. The van der Waals surface area contributed by atoms with E-state index in [2.05, 4.69) is 5.32 Å². The number of aryl methyl sites for hydroxylation is 2. The van der Waals surface area contributed by atoms with E-state index in [9.17, 15) is 18.0 Å². The van der Waals surface area contributed by atoms with E-state index in [0.29, 0.717) is 29.0 Å². The number of nitrogens with one attached hydrogen (secondary N) is 1. The van der Waals surface area contributed by atoms with Crippen molar-refractivity contribution in [2.24, 2.45) is 5.92 Å². The SMILES string of the molecule is Cc1cc(C)c(C)c(S(=O)(=O)N2CCC(C(=O)OC(C)C(=O)Nc3ccc(C#N)cc3)CC2)c1C. The lowest BCUT2D eigenvalue weighted by molar-refractivity contribution is -0.158. The topological polar surface area (TPSA) is 117 Å². The number of anilines is 1. The molecule has 0 radical (unpaired) electrons. The number of piperidine rings is 1. The van der Waals surface area contributed by atoms with E-state index >= 15 is 0 Å². The number of amides is 1. The van der Waals surface area contributed by atoms with Gasteiger partial charge in [-0.1, -0.05) is 6.07 Å². The number of sulfonamides is 1. The first-order valence-corrected chi connectivity index (χ1v) is 13.0. The molecule has 0 aliphatic carbocycles. The number of esters is 1. The fraction of sp³-hybridized carbons (Fsp3) is 0.423. The lowest BCUT2D eigenvalue weighted by atomic mass is 9.98. The Balaban J connectivity index is 1.60. The van der Waals surface area contributed by atoms with Crippen molar-refractivity contribution in [1.29, 1.82) is 5.26 Å². The van der Waals surface area contributed by atoms with E-state index in [1.807, 2.05) is 39.8 Å². The van der Waals surface area contributed by atoms with E-state index in [0.717, 1.165) is 22.3 Å². The number of benzene rings is 2. The third kappa shape index (κ3) is 5.72. The summed E-state index contributed by atoms with van der Waals surface area (Å²) in [7, 11) is -3.70. The molecule has 1 saturated heterocycles. The average molecular weight is 498 g/mol. The van der Waals surface area contributed by atoms with Crippen molar-refractivity contribution in [2.75, 3.05) is 18.4 Å². The van der Waals surface area contributed by atoms with Gasteiger partial charge in [-0.3, -0.25) is 9.59 Å². The molecule has 0 bridgehead atoms. The van der Waals surface area contributed by atoms with Crippen molar-refractivity contribution >= 4 is 27.6 Å². The zero-order chi connectivity index (χ0) is 25.9. The number of ether oxygens (including phenoxy) is 1. The van der Waals surface area contributed by atoms with Gasteiger partial charge in [0, 0.05) is 18.8 Å². The molecule has 8 nitrogen and oxygen atoms in total. The van der Waals surface area contributed by atoms with Gasteiger partial charge < -0.3 is 10.1 Å². The van der Waals surface area contributed by atoms with Crippen LogP contribution >= 0.6 is 0 Å². The highest BCUT2D eigenvalue weighted by atomic mass is 32.2. The molecule has 1 unspecified atom stereocenters. The maximum atomic E-state index is 13.4. The Bertz CT molecular complexity index is 1250. The average Bonchev–Trinajstić information content (AvgIpc) is 2.83. The van der Waals surface area contributed by atoms with Gasteiger partial charge in [0.15, 0.2) is 6.10 Å². The molecule has 9 heteroatoms. The number of rotatable bonds is 6. The van der Waals surface area contributed by atoms with Crippen molar-refractivity contribution in [3.05, 3.63) is 58.1 Å². The lowest BCUT2D eigenvalue weighted by Gasteiger charge is -2.31. The number of hydrogen-bond acceptors (Lipinski definition) is 6. The highest BCUT2D eigenvalue weighted by molar-refractivity contribution is 7.89. The van der Waals surface area contributed by atoms with Gasteiger partial charge in [-0.15, -0.1) is 0 Å². The van der Waals surface area contributed by atoms with Crippen LogP contribution in [0.5, 0.6) is 0 Å². The van der Waals surface area contributed by atoms with Gasteiger partial charge in [-0.2, -0.15) is 9.57 Å². The van der Waals surface area contributed by atoms with Crippen molar-refractivity contribution in [3.8, 4) is 6.07 Å². The zero-order valence-electron chi connectivity index (χ0n) is 20.7. The van der Waals surface area contributed by atoms with E-state index in [1.165, 1.54) is 11.2 Å². The number of nitriles is 1. The molecule has 3 rings (SSSR count). The molecule has 0 spiro atoms. The quantitative estimate of drug-likeness (QED) is 0.608. The van der Waals surface area contributed by atoms with Crippen molar-refractivity contribution in [2.45, 2.75) is 58.5 Å². The zero-order valence-corrected chi connectivity index (χ0v) is 21.5. The number of carbonyl (C=O) groups excluding carboxylic acids is 2. The Morgan fingerprint density at radius 1 is 1.06 bits per heavy atom. The molecular formula is C26H31N3O5S. The van der Waals surface area contributed by atoms with Crippen LogP contribution < -0.4 is 5.32 Å². The van der Waals surface area contributed by atoms with Crippen molar-refractivity contribution in [3.63, 3.8) is 0 Å². The molecule has 0 aromatic heterocycles. The minimum absolute atomic E-state index is 0.208. The molecule has 1 amide bonds. The van der Waals surface area contributed by atoms with Crippen LogP contribution in [-0.2, 0) is 24.3 Å². The van der Waals surface area contributed by atoms with E-state index in [1.54, 1.807) is 24.3 Å². The van der Waals surface area contributed by atoms with Crippen LogP contribution in [-0.4, -0.2) is 43.8 Å². The standard InChI is InChI=1S/C26H31N3O5S/c1-16-14-17(2)19(4)24(18(16)3)35(32,33)29-12-10-22(11-13-29)26(31)34-20(5)25(30)28-23-8-6-21(15-27)7-9-23/h6-9,14,20,22H,10-13H2,1-5H3,(H,28,30). The Labute approximate surface area is 206 Å². The molecule has 35 heavy (non-hydrogen) atoms. The maximum Gasteiger partial charge on any atom is 0.309 e. The fourth-order valence-corrected chi connectivity index (χ4v) is 6.27. The van der Waals surface area contributed by atoms with Gasteiger partial charge in [-0.05, 0) is 94.0 Å². The largest absolute Gasteiger partial charge is 0.452 e. The molecule has 0 saturated carbocycles. The Kier molecular flexibility index (Phi) is 7.98. The normalized spacial score (nSPS) is 15.8. The summed E-state index contributed by atoms with van der Waals surface area (Å²) in [6, 6.07) is 10.3. The van der Waals surface area contributed by atoms with Gasteiger partial charge in [-0.25, -0.2) is 8.42 Å². The Morgan fingerprint density at radius 3 is 2.11 bits per heavy atom. The Hall–Kier alpha value is -3.22. The highest BCUT2D eigenvalue weighted by Gasteiger charge is 2.35. The summed E-state index contributed by atoms with van der Waals surface area (Å²) in [4.78, 5) is 25.4. The molecule has 1 heterocycles. The first-order chi connectivity index (χ1) is 16.4. The highest BCUT2D eigenvalue weighted by Crippen LogP contribution is 2.31. The predicted molar refractivity (Wildman–Crippen MR) is 132 cm³/mol. The molecule has 1 atom stereocenters. The minimum atomic E-state index is -3.70. The van der Waals surface area contributed by atoms with Crippen LogP contribution in [0.1, 0.15) is 47.6 Å². The predicted octanol–water partition coefficient (Wildman–Crippen LogP) is 3.76. The van der Waals surface area contributed by atoms with E-state index in [-0.39, 0.29) is 13.1 Å². The molecule has 1 fully saturated rings. The second-order valence-electron chi connectivity index (χ2n) is 9.03.